The first-order valence-electron chi connectivity index (χ1n) is 7.29. The molecule has 0 atom stereocenters. The third-order valence-corrected chi connectivity index (χ3v) is 3.56. The van der Waals surface area contributed by atoms with Crippen LogP contribution >= 0.6 is 0 Å². The molecule has 3 aromatic rings. The summed E-state index contributed by atoms with van der Waals surface area (Å²) in [5.41, 5.74) is 1.03. The lowest BCUT2D eigenvalue weighted by molar-refractivity contribution is -0.677. The van der Waals surface area contributed by atoms with E-state index >= 15 is 0 Å². The van der Waals surface area contributed by atoms with Gasteiger partial charge in [-0.05, 0) is 22.9 Å². The highest BCUT2D eigenvalue weighted by molar-refractivity contribution is 5.61. The van der Waals surface area contributed by atoms with Crippen LogP contribution in [0.5, 0.6) is 11.7 Å². The number of nitro benzene ring substituents is 1. The molecule has 1 N–H and O–H groups in total. The first-order valence-corrected chi connectivity index (χ1v) is 7.29. The van der Waals surface area contributed by atoms with E-state index in [-0.39, 0.29) is 17.9 Å². The second kappa shape index (κ2) is 6.87. The fraction of sp³-hybridized carbons (Fsp3) is 0.125. The molecule has 0 unspecified atom stereocenters. The quantitative estimate of drug-likeness (QED) is 0.410. The highest BCUT2D eigenvalue weighted by atomic mass is 16.6. The van der Waals surface area contributed by atoms with Gasteiger partial charge in [0.15, 0.2) is 5.95 Å². The van der Waals surface area contributed by atoms with Crippen LogP contribution < -0.4 is 19.8 Å². The molecule has 1 aromatic heterocycles. The van der Waals surface area contributed by atoms with Crippen LogP contribution in [0.1, 0.15) is 5.69 Å². The maximum Gasteiger partial charge on any atom is 0.292 e. The Morgan fingerprint density at radius 2 is 1.96 bits per heavy atom. The average Bonchev–Trinajstić information content (AvgIpc) is 3.00. The van der Waals surface area contributed by atoms with Gasteiger partial charge in [-0.3, -0.25) is 10.1 Å². The second-order valence-corrected chi connectivity index (χ2v) is 5.04. The highest BCUT2D eigenvalue weighted by Crippen LogP contribution is 2.24. The van der Waals surface area contributed by atoms with E-state index in [1.807, 2.05) is 0 Å². The van der Waals surface area contributed by atoms with Crippen molar-refractivity contribution >= 4 is 11.4 Å². The van der Waals surface area contributed by atoms with Crippen LogP contribution in [-0.4, -0.2) is 17.3 Å². The summed E-state index contributed by atoms with van der Waals surface area (Å²) in [5, 5.41) is 29.6. The average molecular weight is 342 g/mol. The van der Waals surface area contributed by atoms with Gasteiger partial charge in [-0.1, -0.05) is 12.1 Å². The van der Waals surface area contributed by atoms with Gasteiger partial charge in [0.05, 0.1) is 17.3 Å². The molecule has 128 valence electrons. The van der Waals surface area contributed by atoms with Crippen molar-refractivity contribution < 1.29 is 24.0 Å². The number of nitro groups is 1. The Labute approximate surface area is 142 Å². The summed E-state index contributed by atoms with van der Waals surface area (Å²) in [7, 11) is 1.55. The molecule has 0 aliphatic rings. The molecule has 1 heterocycles. The molecule has 0 saturated carbocycles. The SMILES string of the molecule is COc1ccc(-[n+]2noc([O-])c2CNc2ccccc2[N+](=O)[O-])cc1. The molecule has 0 radical (unpaired) electrons. The topological polar surface area (TPSA) is 117 Å². The molecule has 0 spiro atoms. The molecule has 3 rings (SSSR count). The summed E-state index contributed by atoms with van der Waals surface area (Å²) >= 11 is 0. The molecule has 0 bridgehead atoms. The third-order valence-electron chi connectivity index (χ3n) is 3.56. The number of nitrogens with zero attached hydrogens (tertiary/aromatic N) is 3. The lowest BCUT2D eigenvalue weighted by Gasteiger charge is -2.05. The summed E-state index contributed by atoms with van der Waals surface area (Å²) in [6.45, 7) is 0.0131. The zero-order chi connectivity index (χ0) is 17.8. The fourth-order valence-electron chi connectivity index (χ4n) is 2.30. The van der Waals surface area contributed by atoms with Crippen molar-refractivity contribution in [1.82, 2.24) is 5.27 Å². The number of benzene rings is 2. The molecule has 0 aliphatic carbocycles. The number of anilines is 1. The van der Waals surface area contributed by atoms with E-state index < -0.39 is 10.9 Å². The monoisotopic (exact) mass is 342 g/mol. The maximum atomic E-state index is 11.9. The normalized spacial score (nSPS) is 10.4. The Morgan fingerprint density at radius 3 is 2.64 bits per heavy atom. The number of nitrogens with one attached hydrogen (secondary N) is 1. The Kier molecular flexibility index (Phi) is 4.46. The number of rotatable bonds is 6. The van der Waals surface area contributed by atoms with Crippen LogP contribution in [0, 0.1) is 10.1 Å². The molecule has 9 heteroatoms. The van der Waals surface area contributed by atoms with Gasteiger partial charge in [-0.2, -0.15) is 0 Å². The maximum absolute atomic E-state index is 11.9. The summed E-state index contributed by atoms with van der Waals surface area (Å²) in [4.78, 5) is 10.6. The van der Waals surface area contributed by atoms with Crippen molar-refractivity contribution in [2.24, 2.45) is 0 Å². The van der Waals surface area contributed by atoms with Crippen LogP contribution in [0.25, 0.3) is 5.69 Å². The highest BCUT2D eigenvalue weighted by Gasteiger charge is 2.21. The van der Waals surface area contributed by atoms with Crippen molar-refractivity contribution in [3.8, 4) is 17.4 Å². The molecule has 0 amide bonds. The van der Waals surface area contributed by atoms with Crippen molar-refractivity contribution in [3.05, 3.63) is 64.3 Å². The van der Waals surface area contributed by atoms with Crippen LogP contribution in [0.4, 0.5) is 11.4 Å². The molecule has 0 saturated heterocycles. The predicted octanol–water partition coefficient (Wildman–Crippen LogP) is 1.55. The second-order valence-electron chi connectivity index (χ2n) is 5.04. The van der Waals surface area contributed by atoms with Gasteiger partial charge in [0.25, 0.3) is 11.4 Å². The van der Waals surface area contributed by atoms with E-state index in [0.29, 0.717) is 17.1 Å². The van der Waals surface area contributed by atoms with Gasteiger partial charge < -0.3 is 19.7 Å². The molecule has 9 nitrogen and oxygen atoms in total. The minimum absolute atomic E-state index is 0.0131. The molecule has 25 heavy (non-hydrogen) atoms. The van der Waals surface area contributed by atoms with E-state index in [4.69, 9.17) is 9.26 Å². The number of ether oxygens (including phenoxy) is 1. The number of para-hydroxylation sites is 2. The van der Waals surface area contributed by atoms with E-state index in [2.05, 4.69) is 10.6 Å². The van der Waals surface area contributed by atoms with E-state index in [0.717, 1.165) is 0 Å². The molecule has 0 fully saturated rings. The largest absolute Gasteiger partial charge is 0.539 e. The number of hydrogen-bond acceptors (Lipinski definition) is 7. The number of methoxy groups -OCH3 is 1. The van der Waals surface area contributed by atoms with E-state index in [1.165, 1.54) is 10.7 Å². The fourth-order valence-corrected chi connectivity index (χ4v) is 2.30. The van der Waals surface area contributed by atoms with Crippen molar-refractivity contribution in [1.29, 1.82) is 0 Å². The van der Waals surface area contributed by atoms with Gasteiger partial charge in [-0.25, -0.2) is 0 Å². The lowest BCUT2D eigenvalue weighted by Crippen LogP contribution is -2.37. The molecular formula is C16H14N4O5. The molecule has 2 aromatic carbocycles. The standard InChI is InChI=1S/C16H14N4O5/c1-24-12-8-6-11(7-9-12)19-15(16(21)25-18-19)10-17-13-4-2-3-5-14(13)20(22)23/h2-9,17H,10H2,1H3. The number of hydrogen-bond donors (Lipinski definition) is 1. The predicted molar refractivity (Wildman–Crippen MR) is 84.5 cm³/mol. The summed E-state index contributed by atoms with van der Waals surface area (Å²) < 4.78 is 11.2. The summed E-state index contributed by atoms with van der Waals surface area (Å²) in [5.74, 6) is 0.0386. The smallest absolute Gasteiger partial charge is 0.292 e. The Morgan fingerprint density at radius 1 is 1.24 bits per heavy atom. The molecule has 0 aliphatic heterocycles. The number of aromatic nitrogens is 2. The molecular weight excluding hydrogens is 328 g/mol. The first-order chi connectivity index (χ1) is 12.1. The van der Waals surface area contributed by atoms with Gasteiger partial charge in [0.1, 0.15) is 18.0 Å². The van der Waals surface area contributed by atoms with Crippen LogP contribution in [0.15, 0.2) is 53.1 Å². The van der Waals surface area contributed by atoms with Gasteiger partial charge in [0, 0.05) is 18.2 Å². The minimum atomic E-state index is -0.623. The van der Waals surface area contributed by atoms with Crippen LogP contribution in [-0.2, 0) is 6.54 Å². The zero-order valence-electron chi connectivity index (χ0n) is 13.2. The Hall–Kier alpha value is -3.62. The lowest BCUT2D eigenvalue weighted by atomic mass is 10.2. The van der Waals surface area contributed by atoms with Crippen LogP contribution in [0.2, 0.25) is 0 Å². The van der Waals surface area contributed by atoms with Crippen molar-refractivity contribution in [2.75, 3.05) is 12.4 Å². The minimum Gasteiger partial charge on any atom is -0.539 e. The van der Waals surface area contributed by atoms with Crippen LogP contribution in [0.3, 0.4) is 0 Å². The van der Waals surface area contributed by atoms with Gasteiger partial charge >= 0.3 is 0 Å². The van der Waals surface area contributed by atoms with Gasteiger partial charge in [-0.15, -0.1) is 0 Å². The van der Waals surface area contributed by atoms with Crippen molar-refractivity contribution in [2.45, 2.75) is 6.54 Å². The zero-order valence-corrected chi connectivity index (χ0v) is 13.2. The summed E-state index contributed by atoms with van der Waals surface area (Å²) in [6, 6.07) is 13.1. The Balaban J connectivity index is 1.86. The first kappa shape index (κ1) is 16.2. The van der Waals surface area contributed by atoms with Gasteiger partial charge in [0.2, 0.25) is 5.69 Å². The third kappa shape index (κ3) is 3.34. The summed E-state index contributed by atoms with van der Waals surface area (Å²) in [6.07, 6.45) is 0. The van der Waals surface area contributed by atoms with E-state index in [1.54, 1.807) is 49.6 Å². The van der Waals surface area contributed by atoms with Crippen molar-refractivity contribution in [3.63, 3.8) is 0 Å². The van der Waals surface area contributed by atoms with E-state index in [9.17, 15) is 15.2 Å². The Bertz CT molecular complexity index is 892.